The van der Waals surface area contributed by atoms with Gasteiger partial charge in [-0.05, 0) is 25.2 Å². The highest BCUT2D eigenvalue weighted by atomic mass is 19.3. The summed E-state index contributed by atoms with van der Waals surface area (Å²) in [7, 11) is 0. The fraction of sp³-hybridized carbons (Fsp3) is 0.538. The number of hydrogen-bond donors (Lipinski definition) is 1. The van der Waals surface area contributed by atoms with Gasteiger partial charge in [0.15, 0.2) is 11.6 Å². The van der Waals surface area contributed by atoms with Crippen molar-refractivity contribution in [1.29, 1.82) is 0 Å². The molecule has 1 saturated carbocycles. The number of hydrogen-bond acceptors (Lipinski definition) is 3. The van der Waals surface area contributed by atoms with Crippen molar-refractivity contribution < 1.29 is 17.9 Å². The zero-order valence-corrected chi connectivity index (χ0v) is 10.3. The molecule has 0 amide bonds. The molecule has 0 radical (unpaired) electrons. The standard InChI is InChI=1S/C13H15F3N2O/c14-9-4-10(17)11(5-12(9)19-13(15)16)18-6-7-1-2-8(18)3-7/h4-5,7-8,13H,1-3,6,17H2. The first kappa shape index (κ1) is 12.4. The maximum Gasteiger partial charge on any atom is 0.387 e. The summed E-state index contributed by atoms with van der Waals surface area (Å²) >= 11 is 0. The summed E-state index contributed by atoms with van der Waals surface area (Å²) in [6, 6.07) is 2.73. The van der Waals surface area contributed by atoms with Crippen LogP contribution in [0.4, 0.5) is 24.5 Å². The summed E-state index contributed by atoms with van der Waals surface area (Å²) in [4.78, 5) is 2.08. The van der Waals surface area contributed by atoms with Crippen LogP contribution in [0.1, 0.15) is 19.3 Å². The summed E-state index contributed by atoms with van der Waals surface area (Å²) in [5, 5.41) is 0. The van der Waals surface area contributed by atoms with Gasteiger partial charge in [0.1, 0.15) is 0 Å². The maximum absolute atomic E-state index is 13.5. The van der Waals surface area contributed by atoms with Gasteiger partial charge in [-0.15, -0.1) is 0 Å². The molecule has 3 nitrogen and oxygen atoms in total. The molecule has 104 valence electrons. The van der Waals surface area contributed by atoms with Crippen LogP contribution in [0.15, 0.2) is 12.1 Å². The van der Waals surface area contributed by atoms with E-state index in [9.17, 15) is 13.2 Å². The van der Waals surface area contributed by atoms with Crippen LogP contribution in [-0.2, 0) is 0 Å². The summed E-state index contributed by atoms with van der Waals surface area (Å²) in [5.74, 6) is -0.665. The number of nitrogens with zero attached hydrogens (tertiary/aromatic N) is 1. The predicted octanol–water partition coefficient (Wildman–Crippen LogP) is 3.00. The molecule has 1 aliphatic carbocycles. The molecule has 0 aromatic heterocycles. The lowest BCUT2D eigenvalue weighted by Crippen LogP contribution is -2.32. The number of nitrogens with two attached hydrogens (primary N) is 1. The number of benzene rings is 1. The van der Waals surface area contributed by atoms with Gasteiger partial charge in [-0.1, -0.05) is 0 Å². The van der Waals surface area contributed by atoms with Crippen molar-refractivity contribution in [1.82, 2.24) is 0 Å². The Bertz CT molecular complexity index is 495. The molecule has 1 heterocycles. The number of piperidine rings is 1. The third-order valence-corrected chi connectivity index (χ3v) is 4.02. The zero-order valence-electron chi connectivity index (χ0n) is 10.3. The normalized spacial score (nSPS) is 25.4. The van der Waals surface area contributed by atoms with Gasteiger partial charge >= 0.3 is 6.61 Å². The minimum Gasteiger partial charge on any atom is -0.432 e. The first-order valence-corrected chi connectivity index (χ1v) is 6.35. The number of fused-ring (bicyclic) bond motifs is 2. The highest BCUT2D eigenvalue weighted by molar-refractivity contribution is 5.71. The van der Waals surface area contributed by atoms with Gasteiger partial charge in [0.2, 0.25) is 0 Å². The average Bonchev–Trinajstić information content (AvgIpc) is 2.94. The number of alkyl halides is 2. The predicted molar refractivity (Wildman–Crippen MR) is 65.9 cm³/mol. The van der Waals surface area contributed by atoms with E-state index in [4.69, 9.17) is 5.73 Å². The molecule has 1 saturated heterocycles. The highest BCUT2D eigenvalue weighted by Gasteiger charge is 2.38. The molecule has 1 aromatic rings. The Morgan fingerprint density at radius 3 is 2.68 bits per heavy atom. The van der Waals surface area contributed by atoms with Crippen LogP contribution in [0, 0.1) is 11.7 Å². The third kappa shape index (κ3) is 2.19. The van der Waals surface area contributed by atoms with Gasteiger partial charge in [-0.25, -0.2) is 4.39 Å². The molecule has 2 fully saturated rings. The molecule has 2 aliphatic rings. The van der Waals surface area contributed by atoms with Crippen LogP contribution in [-0.4, -0.2) is 19.2 Å². The van der Waals surface area contributed by atoms with Gasteiger partial charge in [-0.2, -0.15) is 8.78 Å². The van der Waals surface area contributed by atoms with E-state index in [2.05, 4.69) is 9.64 Å². The van der Waals surface area contributed by atoms with Crippen molar-refractivity contribution in [3.8, 4) is 5.75 Å². The third-order valence-electron chi connectivity index (χ3n) is 4.02. The summed E-state index contributed by atoms with van der Waals surface area (Å²) < 4.78 is 42.2. The van der Waals surface area contributed by atoms with Crippen molar-refractivity contribution in [3.05, 3.63) is 17.9 Å². The Kier molecular flexibility index (Phi) is 2.95. The van der Waals surface area contributed by atoms with Crippen molar-refractivity contribution in [2.24, 2.45) is 5.92 Å². The van der Waals surface area contributed by atoms with Crippen molar-refractivity contribution in [3.63, 3.8) is 0 Å². The Labute approximate surface area is 109 Å². The molecule has 1 aliphatic heterocycles. The molecule has 2 unspecified atom stereocenters. The van der Waals surface area contributed by atoms with Gasteiger partial charge in [0, 0.05) is 24.7 Å². The summed E-state index contributed by atoms with van der Waals surface area (Å²) in [6.07, 6.45) is 3.37. The lowest BCUT2D eigenvalue weighted by Gasteiger charge is -2.30. The van der Waals surface area contributed by atoms with Gasteiger partial charge in [-0.3, -0.25) is 0 Å². The van der Waals surface area contributed by atoms with E-state index in [1.165, 1.54) is 12.5 Å². The van der Waals surface area contributed by atoms with Crippen molar-refractivity contribution in [2.45, 2.75) is 31.9 Å². The fourth-order valence-electron chi connectivity index (χ4n) is 3.21. The van der Waals surface area contributed by atoms with Crippen molar-refractivity contribution >= 4 is 11.4 Å². The van der Waals surface area contributed by atoms with E-state index in [-0.39, 0.29) is 5.69 Å². The molecular weight excluding hydrogens is 257 g/mol. The molecule has 19 heavy (non-hydrogen) atoms. The molecule has 2 N–H and O–H groups in total. The lowest BCUT2D eigenvalue weighted by molar-refractivity contribution is -0.0521. The topological polar surface area (TPSA) is 38.5 Å². The Balaban J connectivity index is 1.92. The van der Waals surface area contributed by atoms with E-state index in [1.54, 1.807) is 0 Å². The Morgan fingerprint density at radius 2 is 2.11 bits per heavy atom. The first-order valence-electron chi connectivity index (χ1n) is 6.35. The van der Waals surface area contributed by atoms with Gasteiger partial charge in [0.05, 0.1) is 11.4 Å². The minimum absolute atomic E-state index is 0.270. The van der Waals surface area contributed by atoms with E-state index in [0.29, 0.717) is 17.6 Å². The molecule has 2 atom stereocenters. The smallest absolute Gasteiger partial charge is 0.387 e. The van der Waals surface area contributed by atoms with Crippen molar-refractivity contribution in [2.75, 3.05) is 17.2 Å². The average molecular weight is 272 g/mol. The van der Waals surface area contributed by atoms with Crippen LogP contribution in [0.3, 0.4) is 0 Å². The summed E-state index contributed by atoms with van der Waals surface area (Å²) in [6.45, 7) is -2.18. The molecule has 0 spiro atoms. The highest BCUT2D eigenvalue weighted by Crippen LogP contribution is 2.43. The van der Waals surface area contributed by atoms with Gasteiger partial charge < -0.3 is 15.4 Å². The number of rotatable bonds is 3. The quantitative estimate of drug-likeness (QED) is 0.860. The van der Waals surface area contributed by atoms with Crippen LogP contribution in [0.5, 0.6) is 5.75 Å². The Hall–Kier alpha value is -1.59. The maximum atomic E-state index is 13.5. The molecule has 6 heteroatoms. The molecular formula is C13H15F3N2O. The molecule has 3 rings (SSSR count). The number of anilines is 2. The van der Waals surface area contributed by atoms with Crippen LogP contribution in [0.25, 0.3) is 0 Å². The molecule has 1 aromatic carbocycles. The zero-order chi connectivity index (χ0) is 13.6. The summed E-state index contributed by atoms with van der Waals surface area (Å²) in [5.41, 5.74) is 6.68. The second-order valence-corrected chi connectivity index (χ2v) is 5.21. The second-order valence-electron chi connectivity index (χ2n) is 5.21. The van der Waals surface area contributed by atoms with Crippen LogP contribution < -0.4 is 15.4 Å². The lowest BCUT2D eigenvalue weighted by atomic mass is 10.1. The van der Waals surface area contributed by atoms with Crippen LogP contribution >= 0.6 is 0 Å². The molecule has 2 bridgehead atoms. The largest absolute Gasteiger partial charge is 0.432 e. The fourth-order valence-corrected chi connectivity index (χ4v) is 3.21. The van der Waals surface area contributed by atoms with Gasteiger partial charge in [0.25, 0.3) is 0 Å². The van der Waals surface area contributed by atoms with E-state index in [1.807, 2.05) is 0 Å². The number of halogens is 3. The SMILES string of the molecule is Nc1cc(F)c(OC(F)F)cc1N1CC2CCC1C2. The van der Waals surface area contributed by atoms with E-state index < -0.39 is 18.2 Å². The Morgan fingerprint density at radius 1 is 1.32 bits per heavy atom. The van der Waals surface area contributed by atoms with E-state index >= 15 is 0 Å². The minimum atomic E-state index is -3.04. The first-order chi connectivity index (χ1) is 9.04. The number of ether oxygens (including phenoxy) is 1. The van der Waals surface area contributed by atoms with E-state index in [0.717, 1.165) is 25.5 Å². The van der Waals surface area contributed by atoms with Crippen LogP contribution in [0.2, 0.25) is 0 Å². The monoisotopic (exact) mass is 272 g/mol. The number of nitrogen functional groups attached to an aromatic ring is 1. The second kappa shape index (κ2) is 4.51.